The number of anilines is 1. The van der Waals surface area contributed by atoms with E-state index in [4.69, 9.17) is 0 Å². The van der Waals surface area contributed by atoms with Crippen LogP contribution in [0.15, 0.2) is 42.7 Å². The van der Waals surface area contributed by atoms with Crippen LogP contribution in [0.3, 0.4) is 0 Å². The van der Waals surface area contributed by atoms with Gasteiger partial charge in [0.25, 0.3) is 0 Å². The van der Waals surface area contributed by atoms with Crippen molar-refractivity contribution < 1.29 is 4.79 Å². The van der Waals surface area contributed by atoms with Crippen molar-refractivity contribution in [3.8, 4) is 0 Å². The molecule has 0 aliphatic carbocycles. The van der Waals surface area contributed by atoms with Crippen molar-refractivity contribution in [2.24, 2.45) is 0 Å². The van der Waals surface area contributed by atoms with Crippen molar-refractivity contribution in [2.75, 3.05) is 31.5 Å². The van der Waals surface area contributed by atoms with Crippen LogP contribution in [0, 0.1) is 0 Å². The van der Waals surface area contributed by atoms with E-state index in [2.05, 4.69) is 63.2 Å². The standard InChI is InChI=1S/C21H29N5O/c1-16(2)19-7-5-18(6-8-19)15-25-11-13-26(14-12-25)17(3)20(27)24-21-22-9-4-10-23-21/h4-10,16-17H,11-15H2,1-3H3,(H,22,23,24,27)/t17-/m0/s1. The van der Waals surface area contributed by atoms with Gasteiger partial charge in [-0.3, -0.25) is 19.9 Å². The molecule has 2 aromatic rings. The van der Waals surface area contributed by atoms with Crippen LogP contribution in [-0.2, 0) is 11.3 Å². The minimum Gasteiger partial charge on any atom is -0.297 e. The third kappa shape index (κ3) is 5.34. The lowest BCUT2D eigenvalue weighted by atomic mass is 10.0. The molecule has 1 atom stereocenters. The van der Waals surface area contributed by atoms with Gasteiger partial charge in [-0.05, 0) is 30.0 Å². The summed E-state index contributed by atoms with van der Waals surface area (Å²) < 4.78 is 0. The van der Waals surface area contributed by atoms with E-state index in [0.29, 0.717) is 11.9 Å². The topological polar surface area (TPSA) is 61.4 Å². The molecule has 1 aliphatic heterocycles. The first-order chi connectivity index (χ1) is 13.0. The number of rotatable bonds is 6. The van der Waals surface area contributed by atoms with Gasteiger partial charge >= 0.3 is 0 Å². The minimum absolute atomic E-state index is 0.0566. The maximum absolute atomic E-state index is 12.4. The van der Waals surface area contributed by atoms with E-state index in [-0.39, 0.29) is 11.9 Å². The van der Waals surface area contributed by atoms with Crippen molar-refractivity contribution >= 4 is 11.9 Å². The summed E-state index contributed by atoms with van der Waals surface area (Å²) in [6.07, 6.45) is 3.25. The van der Waals surface area contributed by atoms with Crippen molar-refractivity contribution in [1.82, 2.24) is 19.8 Å². The number of nitrogens with one attached hydrogen (secondary N) is 1. The molecular formula is C21H29N5O. The van der Waals surface area contributed by atoms with Gasteiger partial charge in [-0.25, -0.2) is 9.97 Å². The Kier molecular flexibility index (Phi) is 6.53. The molecule has 6 nitrogen and oxygen atoms in total. The Hall–Kier alpha value is -2.31. The van der Waals surface area contributed by atoms with E-state index in [0.717, 1.165) is 32.7 Å². The van der Waals surface area contributed by atoms with Crippen molar-refractivity contribution in [1.29, 1.82) is 0 Å². The molecule has 0 bridgehead atoms. The zero-order valence-corrected chi connectivity index (χ0v) is 16.4. The van der Waals surface area contributed by atoms with Gasteiger partial charge in [0.2, 0.25) is 11.9 Å². The van der Waals surface area contributed by atoms with Crippen molar-refractivity contribution in [3.63, 3.8) is 0 Å². The van der Waals surface area contributed by atoms with Crippen LogP contribution in [0.5, 0.6) is 0 Å². The summed E-state index contributed by atoms with van der Waals surface area (Å²) in [5.74, 6) is 0.869. The predicted molar refractivity (Wildman–Crippen MR) is 108 cm³/mol. The Balaban J connectivity index is 1.47. The summed E-state index contributed by atoms with van der Waals surface area (Å²) in [5, 5.41) is 2.79. The molecule has 2 heterocycles. The molecule has 3 rings (SSSR count). The van der Waals surface area contributed by atoms with Gasteiger partial charge in [0.15, 0.2) is 0 Å². The quantitative estimate of drug-likeness (QED) is 0.851. The second-order valence-corrected chi connectivity index (χ2v) is 7.45. The summed E-state index contributed by atoms with van der Waals surface area (Å²) in [4.78, 5) is 25.2. The Morgan fingerprint density at radius 1 is 1.04 bits per heavy atom. The molecule has 0 saturated carbocycles. The molecular weight excluding hydrogens is 338 g/mol. The number of aromatic nitrogens is 2. The molecule has 1 amide bonds. The van der Waals surface area contributed by atoms with Crippen LogP contribution in [0.1, 0.15) is 37.8 Å². The Morgan fingerprint density at radius 3 is 2.26 bits per heavy atom. The van der Waals surface area contributed by atoms with E-state index in [1.165, 1.54) is 11.1 Å². The first kappa shape index (κ1) is 19.5. The minimum atomic E-state index is -0.193. The highest BCUT2D eigenvalue weighted by Gasteiger charge is 2.26. The smallest absolute Gasteiger partial charge is 0.243 e. The van der Waals surface area contributed by atoms with E-state index in [1.807, 2.05) is 6.92 Å². The Bertz CT molecular complexity index is 724. The van der Waals surface area contributed by atoms with E-state index < -0.39 is 0 Å². The van der Waals surface area contributed by atoms with Gasteiger partial charge in [-0.2, -0.15) is 0 Å². The number of hydrogen-bond donors (Lipinski definition) is 1. The first-order valence-electron chi connectivity index (χ1n) is 9.66. The summed E-state index contributed by atoms with van der Waals surface area (Å²) >= 11 is 0. The van der Waals surface area contributed by atoms with Gasteiger partial charge < -0.3 is 0 Å². The number of carbonyl (C=O) groups excluding carboxylic acids is 1. The third-order valence-electron chi connectivity index (χ3n) is 5.19. The van der Waals surface area contributed by atoms with Crippen molar-refractivity contribution in [2.45, 2.75) is 39.3 Å². The van der Waals surface area contributed by atoms with Crippen molar-refractivity contribution in [3.05, 3.63) is 53.9 Å². The second-order valence-electron chi connectivity index (χ2n) is 7.45. The van der Waals surface area contributed by atoms with E-state index >= 15 is 0 Å². The maximum atomic E-state index is 12.4. The van der Waals surface area contributed by atoms with E-state index in [9.17, 15) is 4.79 Å². The number of piperazine rings is 1. The molecule has 0 spiro atoms. The fourth-order valence-electron chi connectivity index (χ4n) is 3.32. The van der Waals surface area contributed by atoms with Crippen LogP contribution in [0.4, 0.5) is 5.95 Å². The maximum Gasteiger partial charge on any atom is 0.243 e. The lowest BCUT2D eigenvalue weighted by Gasteiger charge is -2.37. The normalized spacial score (nSPS) is 17.0. The molecule has 1 fully saturated rings. The third-order valence-corrected chi connectivity index (χ3v) is 5.19. The average molecular weight is 367 g/mol. The summed E-state index contributed by atoms with van der Waals surface area (Å²) in [7, 11) is 0. The number of carbonyl (C=O) groups is 1. The fourth-order valence-corrected chi connectivity index (χ4v) is 3.32. The van der Waals surface area contributed by atoms with Gasteiger partial charge in [0.1, 0.15) is 0 Å². The summed E-state index contributed by atoms with van der Waals surface area (Å²) in [5.41, 5.74) is 2.73. The molecule has 0 radical (unpaired) electrons. The molecule has 1 N–H and O–H groups in total. The number of amides is 1. The molecule has 1 aliphatic rings. The first-order valence-corrected chi connectivity index (χ1v) is 9.66. The lowest BCUT2D eigenvalue weighted by molar-refractivity contribution is -0.121. The SMILES string of the molecule is CC(C)c1ccc(CN2CCN([C@@H](C)C(=O)Nc3ncccn3)CC2)cc1. The predicted octanol–water partition coefficient (Wildman–Crippen LogP) is 2.74. The Labute approximate surface area is 161 Å². The van der Waals surface area contributed by atoms with Crippen LogP contribution >= 0.6 is 0 Å². The largest absolute Gasteiger partial charge is 0.297 e. The highest BCUT2D eigenvalue weighted by Crippen LogP contribution is 2.17. The van der Waals surface area contributed by atoms with Crippen LogP contribution in [-0.4, -0.2) is 57.9 Å². The molecule has 6 heteroatoms. The zero-order chi connectivity index (χ0) is 19.2. The molecule has 27 heavy (non-hydrogen) atoms. The molecule has 1 aromatic heterocycles. The molecule has 1 saturated heterocycles. The molecule has 144 valence electrons. The van der Waals surface area contributed by atoms with Crippen LogP contribution < -0.4 is 5.32 Å². The summed E-state index contributed by atoms with van der Waals surface area (Å²) in [6, 6.07) is 10.5. The fraction of sp³-hybridized carbons (Fsp3) is 0.476. The van der Waals surface area contributed by atoms with Crippen LogP contribution in [0.25, 0.3) is 0 Å². The summed E-state index contributed by atoms with van der Waals surface area (Å²) in [6.45, 7) is 11.0. The number of nitrogens with zero attached hydrogens (tertiary/aromatic N) is 4. The highest BCUT2D eigenvalue weighted by molar-refractivity contribution is 5.93. The lowest BCUT2D eigenvalue weighted by Crippen LogP contribution is -2.52. The zero-order valence-electron chi connectivity index (χ0n) is 16.4. The average Bonchev–Trinajstić information content (AvgIpc) is 2.69. The monoisotopic (exact) mass is 367 g/mol. The van der Waals surface area contributed by atoms with Gasteiger partial charge in [-0.1, -0.05) is 38.1 Å². The number of benzene rings is 1. The Morgan fingerprint density at radius 2 is 1.67 bits per heavy atom. The highest BCUT2D eigenvalue weighted by atomic mass is 16.2. The number of hydrogen-bond acceptors (Lipinski definition) is 5. The molecule has 1 aromatic carbocycles. The van der Waals surface area contributed by atoms with E-state index in [1.54, 1.807) is 18.5 Å². The second kappa shape index (κ2) is 9.06. The molecule has 0 unspecified atom stereocenters. The van der Waals surface area contributed by atoms with Gasteiger partial charge in [0, 0.05) is 45.1 Å². The van der Waals surface area contributed by atoms with Crippen LogP contribution in [0.2, 0.25) is 0 Å². The van der Waals surface area contributed by atoms with Gasteiger partial charge in [0.05, 0.1) is 6.04 Å². The van der Waals surface area contributed by atoms with Gasteiger partial charge in [-0.15, -0.1) is 0 Å².